The Morgan fingerprint density at radius 2 is 1.81 bits per heavy atom. The van der Waals surface area contributed by atoms with E-state index in [1.807, 2.05) is 6.92 Å². The van der Waals surface area contributed by atoms with Gasteiger partial charge in [-0.3, -0.25) is 13.9 Å². The smallest absolute Gasteiger partial charge is 0.278 e. The number of rotatable bonds is 11. The van der Waals surface area contributed by atoms with Gasteiger partial charge < -0.3 is 10.6 Å². The SMILES string of the molecule is CCCS(=O)(=O)N(C)c1cc(F)ccc1Nc1cc(Nc2cc(C)nc(C)n2)ncc1C(=O)NOCC. The van der Waals surface area contributed by atoms with Gasteiger partial charge in [-0.05, 0) is 39.3 Å². The van der Waals surface area contributed by atoms with E-state index in [4.69, 9.17) is 4.84 Å². The molecule has 13 heteroatoms. The second kappa shape index (κ2) is 11.9. The van der Waals surface area contributed by atoms with Crippen LogP contribution in [0.25, 0.3) is 0 Å². The molecule has 0 aliphatic heterocycles. The molecule has 0 aliphatic carbocycles. The van der Waals surface area contributed by atoms with Crippen molar-refractivity contribution in [3.63, 3.8) is 0 Å². The molecule has 2 aromatic heterocycles. The van der Waals surface area contributed by atoms with E-state index in [2.05, 4.69) is 31.1 Å². The van der Waals surface area contributed by atoms with Crippen LogP contribution in [0.4, 0.5) is 33.1 Å². The first-order valence-corrected chi connectivity index (χ1v) is 13.2. The number of hydroxylamine groups is 1. The van der Waals surface area contributed by atoms with Crippen molar-refractivity contribution in [1.82, 2.24) is 20.4 Å². The number of aromatic nitrogens is 3. The van der Waals surface area contributed by atoms with Gasteiger partial charge >= 0.3 is 0 Å². The molecule has 0 radical (unpaired) electrons. The maximum atomic E-state index is 14.2. The number of anilines is 5. The molecule has 0 unspecified atom stereocenters. The Kier molecular flexibility index (Phi) is 8.95. The van der Waals surface area contributed by atoms with Crippen molar-refractivity contribution in [2.45, 2.75) is 34.1 Å². The standard InChI is InChI=1S/C24H30FN7O4S/c1-6-10-37(34,35)32(5)21-12-17(25)8-9-19(21)29-20-13-22(26-14-18(20)24(33)31-36-7-2)30-23-11-15(3)27-16(4)28-23/h8-9,11-14H,6-7,10H2,1-5H3,(H,31,33)(H2,26,27,28,29,30). The molecule has 0 aliphatic rings. The number of nitrogens with one attached hydrogen (secondary N) is 3. The second-order valence-electron chi connectivity index (χ2n) is 8.12. The molecule has 0 saturated carbocycles. The summed E-state index contributed by atoms with van der Waals surface area (Å²) in [6, 6.07) is 7.00. The first-order chi connectivity index (χ1) is 17.5. The monoisotopic (exact) mass is 531 g/mol. The van der Waals surface area contributed by atoms with Crippen molar-refractivity contribution in [3.05, 3.63) is 59.4 Å². The highest BCUT2D eigenvalue weighted by Crippen LogP contribution is 2.33. The predicted octanol–water partition coefficient (Wildman–Crippen LogP) is 3.97. The summed E-state index contributed by atoms with van der Waals surface area (Å²) in [7, 11) is -2.35. The molecule has 0 bridgehead atoms. The summed E-state index contributed by atoms with van der Waals surface area (Å²) in [4.78, 5) is 30.7. The summed E-state index contributed by atoms with van der Waals surface area (Å²) in [5, 5.41) is 6.14. The molecule has 1 aromatic carbocycles. The zero-order chi connectivity index (χ0) is 27.2. The van der Waals surface area contributed by atoms with E-state index in [-0.39, 0.29) is 35.0 Å². The summed E-state index contributed by atoms with van der Waals surface area (Å²) in [5.74, 6) is 0.128. The third-order valence-electron chi connectivity index (χ3n) is 5.13. The maximum Gasteiger partial charge on any atom is 0.278 e. The van der Waals surface area contributed by atoms with Gasteiger partial charge in [0.05, 0.1) is 35.0 Å². The number of pyridine rings is 1. The number of hydrogen-bond donors (Lipinski definition) is 3. The van der Waals surface area contributed by atoms with Crippen molar-refractivity contribution in [1.29, 1.82) is 0 Å². The number of halogens is 1. The second-order valence-corrected chi connectivity index (χ2v) is 10.2. The summed E-state index contributed by atoms with van der Waals surface area (Å²) in [6.07, 6.45) is 1.73. The van der Waals surface area contributed by atoms with E-state index >= 15 is 0 Å². The van der Waals surface area contributed by atoms with Gasteiger partial charge in [-0.15, -0.1) is 0 Å². The minimum atomic E-state index is -3.70. The van der Waals surface area contributed by atoms with Crippen LogP contribution >= 0.6 is 0 Å². The fourth-order valence-corrected chi connectivity index (χ4v) is 4.71. The zero-order valence-corrected chi connectivity index (χ0v) is 22.1. The van der Waals surface area contributed by atoms with Gasteiger partial charge in [0, 0.05) is 37.1 Å². The minimum absolute atomic E-state index is 0.0815. The topological polar surface area (TPSA) is 138 Å². The quantitative estimate of drug-likeness (QED) is 0.314. The third-order valence-corrected chi connectivity index (χ3v) is 7.08. The Morgan fingerprint density at radius 1 is 1.05 bits per heavy atom. The van der Waals surface area contributed by atoms with Crippen LogP contribution in [0.3, 0.4) is 0 Å². The molecule has 3 N–H and O–H groups in total. The molecule has 198 valence electrons. The lowest BCUT2D eigenvalue weighted by molar-refractivity contribution is 0.0365. The molecule has 1 amide bonds. The summed E-state index contributed by atoms with van der Waals surface area (Å²) < 4.78 is 40.6. The van der Waals surface area contributed by atoms with Gasteiger partial charge in [-0.1, -0.05) is 6.92 Å². The highest BCUT2D eigenvalue weighted by molar-refractivity contribution is 7.92. The maximum absolute atomic E-state index is 14.2. The molecular formula is C24H30FN7O4S. The van der Waals surface area contributed by atoms with E-state index in [9.17, 15) is 17.6 Å². The Bertz CT molecular complexity index is 1370. The first-order valence-electron chi connectivity index (χ1n) is 11.6. The average molecular weight is 532 g/mol. The number of sulfonamides is 1. The van der Waals surface area contributed by atoms with Crippen LogP contribution in [0.5, 0.6) is 0 Å². The molecule has 0 saturated heterocycles. The third kappa shape index (κ3) is 7.11. The van der Waals surface area contributed by atoms with E-state index in [1.165, 1.54) is 25.4 Å². The lowest BCUT2D eigenvalue weighted by Gasteiger charge is -2.23. The van der Waals surface area contributed by atoms with Crippen molar-refractivity contribution < 1.29 is 22.4 Å². The van der Waals surface area contributed by atoms with Crippen molar-refractivity contribution in [2.75, 3.05) is 34.3 Å². The molecule has 2 heterocycles. The Hall–Kier alpha value is -3.84. The normalized spacial score (nSPS) is 11.2. The number of aryl methyl sites for hydroxylation is 2. The summed E-state index contributed by atoms with van der Waals surface area (Å²) in [6.45, 7) is 7.30. The van der Waals surface area contributed by atoms with Crippen LogP contribution in [0.1, 0.15) is 42.1 Å². The summed E-state index contributed by atoms with van der Waals surface area (Å²) >= 11 is 0. The van der Waals surface area contributed by atoms with Gasteiger partial charge in [-0.2, -0.15) is 0 Å². The van der Waals surface area contributed by atoms with Crippen LogP contribution in [0, 0.1) is 19.7 Å². The van der Waals surface area contributed by atoms with Crippen LogP contribution < -0.4 is 20.4 Å². The molecule has 0 fully saturated rings. The van der Waals surface area contributed by atoms with Gasteiger partial charge in [0.15, 0.2) is 0 Å². The van der Waals surface area contributed by atoms with Crippen LogP contribution in [-0.4, -0.2) is 48.7 Å². The number of carbonyl (C=O) groups is 1. The van der Waals surface area contributed by atoms with Crippen LogP contribution in [0.15, 0.2) is 36.5 Å². The van der Waals surface area contributed by atoms with Gasteiger partial charge in [0.2, 0.25) is 10.0 Å². The Balaban J connectivity index is 2.06. The molecular weight excluding hydrogens is 501 g/mol. The fourth-order valence-electron chi connectivity index (χ4n) is 3.47. The van der Waals surface area contributed by atoms with Crippen molar-refractivity contribution >= 4 is 44.6 Å². The molecule has 0 atom stereocenters. The highest BCUT2D eigenvalue weighted by Gasteiger charge is 2.22. The Labute approximate surface area is 215 Å². The van der Waals surface area contributed by atoms with Crippen LogP contribution in [-0.2, 0) is 14.9 Å². The molecule has 0 spiro atoms. The Morgan fingerprint density at radius 3 is 2.49 bits per heavy atom. The predicted molar refractivity (Wildman–Crippen MR) is 140 cm³/mol. The number of benzene rings is 1. The molecule has 37 heavy (non-hydrogen) atoms. The lowest BCUT2D eigenvalue weighted by atomic mass is 10.2. The molecule has 3 rings (SSSR count). The summed E-state index contributed by atoms with van der Waals surface area (Å²) in [5.41, 5.74) is 3.81. The van der Waals surface area contributed by atoms with Gasteiger partial charge in [-0.25, -0.2) is 33.2 Å². The number of hydrogen-bond acceptors (Lipinski definition) is 9. The minimum Gasteiger partial charge on any atom is -0.353 e. The lowest BCUT2D eigenvalue weighted by Crippen LogP contribution is -2.29. The number of nitrogens with zero attached hydrogens (tertiary/aromatic N) is 4. The zero-order valence-electron chi connectivity index (χ0n) is 21.3. The highest BCUT2D eigenvalue weighted by atomic mass is 32.2. The number of amides is 1. The van der Waals surface area contributed by atoms with Crippen molar-refractivity contribution in [2.24, 2.45) is 0 Å². The largest absolute Gasteiger partial charge is 0.353 e. The van der Waals surface area contributed by atoms with E-state index < -0.39 is 21.7 Å². The van der Waals surface area contributed by atoms with Gasteiger partial charge in [0.1, 0.15) is 23.3 Å². The number of carbonyl (C=O) groups excluding carboxylic acids is 1. The first kappa shape index (κ1) is 27.7. The van der Waals surface area contributed by atoms with Gasteiger partial charge in [0.25, 0.3) is 5.91 Å². The van der Waals surface area contributed by atoms with E-state index in [1.54, 1.807) is 32.9 Å². The van der Waals surface area contributed by atoms with Crippen molar-refractivity contribution in [3.8, 4) is 0 Å². The van der Waals surface area contributed by atoms with Crippen LogP contribution in [0.2, 0.25) is 0 Å². The fraction of sp³-hybridized carbons (Fsp3) is 0.333. The van der Waals surface area contributed by atoms with E-state index in [0.29, 0.717) is 23.9 Å². The molecule has 11 nitrogen and oxygen atoms in total. The molecule has 3 aromatic rings. The van der Waals surface area contributed by atoms with E-state index in [0.717, 1.165) is 16.1 Å². The average Bonchev–Trinajstić information content (AvgIpc) is 2.82.